The summed E-state index contributed by atoms with van der Waals surface area (Å²) < 4.78 is 0. The maximum atomic E-state index is 6.12. The second kappa shape index (κ2) is 5.85. The van der Waals surface area contributed by atoms with Crippen LogP contribution in [0.4, 0.5) is 17.5 Å². The van der Waals surface area contributed by atoms with E-state index >= 15 is 0 Å². The highest BCUT2D eigenvalue weighted by molar-refractivity contribution is 6.36. The van der Waals surface area contributed by atoms with Crippen molar-refractivity contribution in [2.45, 2.75) is 26.3 Å². The Morgan fingerprint density at radius 2 is 1.85 bits per heavy atom. The molecule has 0 amide bonds. The van der Waals surface area contributed by atoms with E-state index in [0.717, 1.165) is 5.69 Å². The van der Waals surface area contributed by atoms with Crippen LogP contribution in [0.5, 0.6) is 0 Å². The summed E-state index contributed by atoms with van der Waals surface area (Å²) >= 11 is 12.0. The molecular weight excluding hydrogens is 295 g/mol. The fourth-order valence-electron chi connectivity index (χ4n) is 1.55. The van der Waals surface area contributed by atoms with Crippen LogP contribution >= 0.6 is 23.2 Å². The second-order valence-electron chi connectivity index (χ2n) is 5.39. The Morgan fingerprint density at radius 1 is 1.10 bits per heavy atom. The lowest BCUT2D eigenvalue weighted by Gasteiger charge is -2.20. The number of hydrogen-bond acceptors (Lipinski definition) is 4. The maximum Gasteiger partial charge on any atom is 0.225 e. The number of aromatic nitrogens is 2. The van der Waals surface area contributed by atoms with Gasteiger partial charge >= 0.3 is 0 Å². The molecule has 2 aromatic rings. The molecule has 0 saturated heterocycles. The molecule has 0 saturated carbocycles. The van der Waals surface area contributed by atoms with E-state index in [4.69, 9.17) is 23.2 Å². The molecule has 0 bridgehead atoms. The van der Waals surface area contributed by atoms with Gasteiger partial charge in [0, 0.05) is 16.8 Å². The van der Waals surface area contributed by atoms with Crippen LogP contribution in [0.25, 0.3) is 0 Å². The monoisotopic (exact) mass is 310 g/mol. The summed E-state index contributed by atoms with van der Waals surface area (Å²) in [6.07, 6.45) is 1.69. The third kappa shape index (κ3) is 4.25. The number of hydrogen-bond donors (Lipinski definition) is 2. The van der Waals surface area contributed by atoms with Crippen molar-refractivity contribution in [3.63, 3.8) is 0 Å². The molecule has 0 spiro atoms. The highest BCUT2D eigenvalue weighted by Gasteiger charge is 2.11. The summed E-state index contributed by atoms with van der Waals surface area (Å²) in [6.45, 7) is 6.14. The van der Waals surface area contributed by atoms with E-state index in [2.05, 4.69) is 20.6 Å². The molecule has 0 fully saturated rings. The van der Waals surface area contributed by atoms with Crippen LogP contribution in [0.1, 0.15) is 20.8 Å². The average molecular weight is 311 g/mol. The van der Waals surface area contributed by atoms with Crippen LogP contribution in [0.2, 0.25) is 10.0 Å². The van der Waals surface area contributed by atoms with Crippen molar-refractivity contribution in [2.75, 3.05) is 10.6 Å². The van der Waals surface area contributed by atoms with E-state index in [9.17, 15) is 0 Å². The fraction of sp³-hybridized carbons (Fsp3) is 0.286. The van der Waals surface area contributed by atoms with Crippen molar-refractivity contribution in [3.8, 4) is 0 Å². The third-order valence-corrected chi connectivity index (χ3v) is 2.88. The number of nitrogens with zero attached hydrogens (tertiary/aromatic N) is 2. The number of anilines is 3. The Balaban J connectivity index is 2.19. The Hall–Kier alpha value is -1.52. The van der Waals surface area contributed by atoms with Crippen LogP contribution in [-0.2, 0) is 0 Å². The molecular formula is C14H16Cl2N4. The second-order valence-corrected chi connectivity index (χ2v) is 6.23. The minimum atomic E-state index is -0.101. The fourth-order valence-corrected chi connectivity index (χ4v) is 2.01. The summed E-state index contributed by atoms with van der Waals surface area (Å²) in [5, 5.41) is 7.50. The van der Waals surface area contributed by atoms with E-state index in [0.29, 0.717) is 21.8 Å². The molecule has 0 aliphatic rings. The number of halogens is 2. The largest absolute Gasteiger partial charge is 0.350 e. The van der Waals surface area contributed by atoms with Crippen molar-refractivity contribution in [2.24, 2.45) is 0 Å². The van der Waals surface area contributed by atoms with E-state index in [1.165, 1.54) is 0 Å². The topological polar surface area (TPSA) is 49.8 Å². The lowest BCUT2D eigenvalue weighted by atomic mass is 10.1. The molecule has 20 heavy (non-hydrogen) atoms. The van der Waals surface area contributed by atoms with Crippen molar-refractivity contribution >= 4 is 40.7 Å². The summed E-state index contributed by atoms with van der Waals surface area (Å²) in [7, 11) is 0. The van der Waals surface area contributed by atoms with Gasteiger partial charge in [-0.05, 0) is 45.0 Å². The van der Waals surface area contributed by atoms with E-state index in [-0.39, 0.29) is 5.54 Å². The van der Waals surface area contributed by atoms with Gasteiger partial charge < -0.3 is 10.6 Å². The summed E-state index contributed by atoms with van der Waals surface area (Å²) in [4.78, 5) is 8.58. The van der Waals surface area contributed by atoms with Gasteiger partial charge in [-0.15, -0.1) is 0 Å². The lowest BCUT2D eigenvalue weighted by molar-refractivity contribution is 0.626. The van der Waals surface area contributed by atoms with Crippen LogP contribution in [0.15, 0.2) is 30.5 Å². The van der Waals surface area contributed by atoms with Gasteiger partial charge in [0.1, 0.15) is 5.82 Å². The van der Waals surface area contributed by atoms with Gasteiger partial charge in [0.15, 0.2) is 0 Å². The van der Waals surface area contributed by atoms with Crippen molar-refractivity contribution in [1.29, 1.82) is 0 Å². The quantitative estimate of drug-likeness (QED) is 0.860. The molecule has 0 aliphatic carbocycles. The summed E-state index contributed by atoms with van der Waals surface area (Å²) in [6, 6.07) is 7.04. The molecule has 0 radical (unpaired) electrons. The number of rotatable bonds is 3. The van der Waals surface area contributed by atoms with Crippen LogP contribution in [-0.4, -0.2) is 15.5 Å². The van der Waals surface area contributed by atoms with Gasteiger partial charge in [-0.1, -0.05) is 23.2 Å². The normalized spacial score (nSPS) is 11.2. The van der Waals surface area contributed by atoms with Gasteiger partial charge in [-0.3, -0.25) is 0 Å². The van der Waals surface area contributed by atoms with Gasteiger partial charge in [0.2, 0.25) is 5.95 Å². The molecule has 106 valence electrons. The first-order chi connectivity index (χ1) is 9.33. The number of benzene rings is 1. The number of nitrogens with one attached hydrogen (secondary N) is 2. The first-order valence-electron chi connectivity index (χ1n) is 6.17. The minimum absolute atomic E-state index is 0.101. The Labute approximate surface area is 128 Å². The highest BCUT2D eigenvalue weighted by Crippen LogP contribution is 2.27. The molecule has 0 unspecified atom stereocenters. The lowest BCUT2D eigenvalue weighted by Crippen LogP contribution is -2.27. The maximum absolute atomic E-state index is 6.12. The smallest absolute Gasteiger partial charge is 0.225 e. The first-order valence-corrected chi connectivity index (χ1v) is 6.92. The van der Waals surface area contributed by atoms with Crippen molar-refractivity contribution in [1.82, 2.24) is 9.97 Å². The summed E-state index contributed by atoms with van der Waals surface area (Å²) in [5.74, 6) is 1.23. The van der Waals surface area contributed by atoms with Gasteiger partial charge in [-0.25, -0.2) is 4.98 Å². The third-order valence-electron chi connectivity index (χ3n) is 2.34. The van der Waals surface area contributed by atoms with E-state index in [1.807, 2.05) is 26.8 Å². The molecule has 0 atom stereocenters. The predicted molar refractivity (Wildman–Crippen MR) is 85.2 cm³/mol. The van der Waals surface area contributed by atoms with Gasteiger partial charge in [0.25, 0.3) is 0 Å². The van der Waals surface area contributed by atoms with Crippen molar-refractivity contribution < 1.29 is 0 Å². The van der Waals surface area contributed by atoms with Crippen LogP contribution < -0.4 is 10.6 Å². The zero-order chi connectivity index (χ0) is 14.8. The Bertz CT molecular complexity index is 608. The first kappa shape index (κ1) is 14.9. The SMILES string of the molecule is CC(C)(C)Nc1nccc(Nc2ccc(Cl)cc2Cl)n1. The molecule has 1 aromatic heterocycles. The predicted octanol–water partition coefficient (Wildman–Crippen LogP) is 4.74. The van der Waals surface area contributed by atoms with Gasteiger partial charge in [0.05, 0.1) is 10.7 Å². The zero-order valence-corrected chi connectivity index (χ0v) is 13.0. The Morgan fingerprint density at radius 3 is 2.50 bits per heavy atom. The minimum Gasteiger partial charge on any atom is -0.350 e. The molecule has 1 heterocycles. The van der Waals surface area contributed by atoms with Crippen LogP contribution in [0.3, 0.4) is 0 Å². The van der Waals surface area contributed by atoms with E-state index in [1.54, 1.807) is 24.4 Å². The summed E-state index contributed by atoms with van der Waals surface area (Å²) in [5.41, 5.74) is 0.646. The van der Waals surface area contributed by atoms with Crippen molar-refractivity contribution in [3.05, 3.63) is 40.5 Å². The molecule has 1 aromatic carbocycles. The molecule has 4 nitrogen and oxygen atoms in total. The standard InChI is InChI=1S/C14H16Cl2N4/c1-14(2,3)20-13-17-7-6-12(19-13)18-11-5-4-9(15)8-10(11)16/h4-8H,1-3H3,(H2,17,18,19,20). The zero-order valence-electron chi connectivity index (χ0n) is 11.5. The van der Waals surface area contributed by atoms with E-state index < -0.39 is 0 Å². The Kier molecular flexibility index (Phi) is 4.35. The molecule has 6 heteroatoms. The molecule has 0 aliphatic heterocycles. The average Bonchev–Trinajstić information content (AvgIpc) is 2.31. The van der Waals surface area contributed by atoms with Gasteiger partial charge in [-0.2, -0.15) is 4.98 Å². The van der Waals surface area contributed by atoms with Crippen LogP contribution in [0, 0.1) is 0 Å². The molecule has 2 N–H and O–H groups in total. The molecule has 2 rings (SSSR count). The highest BCUT2D eigenvalue weighted by atomic mass is 35.5.